The van der Waals surface area contributed by atoms with E-state index in [-0.39, 0.29) is 29.9 Å². The van der Waals surface area contributed by atoms with Gasteiger partial charge >= 0.3 is 5.97 Å². The number of hydrogen-bond acceptors (Lipinski definition) is 5. The quantitative estimate of drug-likeness (QED) is 0.658. The lowest BCUT2D eigenvalue weighted by atomic mass is 10.1. The highest BCUT2D eigenvalue weighted by Crippen LogP contribution is 2.34. The standard InChI is InChI=1S/C22H26N2O5S/c1-15-7-5-6-8-18(15)13-23(14-22(26)29-4)30(27,28)20-9-10-21-19(12-20)11-16(2)24(21)17(3)25/h5-10,12,16H,11,13-14H2,1-4H3. The minimum absolute atomic E-state index is 0.0337. The molecule has 30 heavy (non-hydrogen) atoms. The first kappa shape index (κ1) is 22.0. The molecule has 1 unspecified atom stereocenters. The Balaban J connectivity index is 1.99. The van der Waals surface area contributed by atoms with Crippen molar-refractivity contribution in [2.45, 2.75) is 44.7 Å². The van der Waals surface area contributed by atoms with Gasteiger partial charge in [-0.05, 0) is 55.2 Å². The van der Waals surface area contributed by atoms with Crippen LogP contribution in [0.1, 0.15) is 30.5 Å². The molecule has 0 saturated heterocycles. The second-order valence-corrected chi connectivity index (χ2v) is 9.45. The molecule has 0 radical (unpaired) electrons. The number of rotatable bonds is 6. The van der Waals surface area contributed by atoms with Gasteiger partial charge in [0.05, 0.1) is 12.0 Å². The number of nitrogens with zero attached hydrogens (tertiary/aromatic N) is 2. The zero-order valence-electron chi connectivity index (χ0n) is 17.6. The van der Waals surface area contributed by atoms with Crippen molar-refractivity contribution in [1.29, 1.82) is 0 Å². The molecular formula is C22H26N2O5S. The van der Waals surface area contributed by atoms with E-state index in [2.05, 4.69) is 0 Å². The average molecular weight is 431 g/mol. The minimum atomic E-state index is -3.97. The van der Waals surface area contributed by atoms with Crippen LogP contribution in [0.25, 0.3) is 0 Å². The van der Waals surface area contributed by atoms with Crippen LogP contribution in [0.3, 0.4) is 0 Å². The van der Waals surface area contributed by atoms with E-state index >= 15 is 0 Å². The molecule has 0 fully saturated rings. The highest BCUT2D eigenvalue weighted by atomic mass is 32.2. The summed E-state index contributed by atoms with van der Waals surface area (Å²) >= 11 is 0. The van der Waals surface area contributed by atoms with E-state index in [1.807, 2.05) is 38.1 Å². The predicted octanol–water partition coefficient (Wildman–Crippen LogP) is 2.66. The second kappa shape index (κ2) is 8.57. The van der Waals surface area contributed by atoms with E-state index in [4.69, 9.17) is 4.74 Å². The molecule has 1 atom stereocenters. The van der Waals surface area contributed by atoms with Crippen molar-refractivity contribution < 1.29 is 22.7 Å². The Morgan fingerprint density at radius 1 is 1.20 bits per heavy atom. The van der Waals surface area contributed by atoms with Crippen LogP contribution in [0.5, 0.6) is 0 Å². The fourth-order valence-corrected chi connectivity index (χ4v) is 5.22. The summed E-state index contributed by atoms with van der Waals surface area (Å²) in [6.45, 7) is 4.98. The molecule has 0 saturated carbocycles. The number of amides is 1. The van der Waals surface area contributed by atoms with Crippen LogP contribution in [-0.4, -0.2) is 44.3 Å². The van der Waals surface area contributed by atoms with Gasteiger partial charge in [-0.3, -0.25) is 9.59 Å². The van der Waals surface area contributed by atoms with Crippen LogP contribution in [0.4, 0.5) is 5.69 Å². The van der Waals surface area contributed by atoms with Gasteiger partial charge < -0.3 is 9.64 Å². The lowest BCUT2D eigenvalue weighted by Gasteiger charge is -2.23. The fraction of sp³-hybridized carbons (Fsp3) is 0.364. The third-order valence-electron chi connectivity index (χ3n) is 5.38. The topological polar surface area (TPSA) is 84.0 Å². The van der Waals surface area contributed by atoms with E-state index in [1.165, 1.54) is 20.1 Å². The number of hydrogen-bond donors (Lipinski definition) is 0. The highest BCUT2D eigenvalue weighted by Gasteiger charge is 2.32. The normalized spacial score (nSPS) is 15.9. The number of sulfonamides is 1. The Bertz CT molecular complexity index is 1080. The van der Waals surface area contributed by atoms with Crippen LogP contribution < -0.4 is 4.90 Å². The van der Waals surface area contributed by atoms with Crippen LogP contribution >= 0.6 is 0 Å². The SMILES string of the molecule is COC(=O)CN(Cc1ccccc1C)S(=O)(=O)c1ccc2c(c1)CC(C)N2C(C)=O. The van der Waals surface area contributed by atoms with E-state index in [9.17, 15) is 18.0 Å². The Labute approximate surface area is 177 Å². The smallest absolute Gasteiger partial charge is 0.321 e. The summed E-state index contributed by atoms with van der Waals surface area (Å²) in [6, 6.07) is 12.2. The molecule has 3 rings (SSSR count). The lowest BCUT2D eigenvalue weighted by molar-refractivity contribution is -0.140. The van der Waals surface area contributed by atoms with E-state index in [1.54, 1.807) is 17.0 Å². The summed E-state index contributed by atoms with van der Waals surface area (Å²) in [5.74, 6) is -0.714. The van der Waals surface area contributed by atoms with Crippen molar-refractivity contribution in [2.75, 3.05) is 18.6 Å². The summed E-state index contributed by atoms with van der Waals surface area (Å²) in [5.41, 5.74) is 3.27. The van der Waals surface area contributed by atoms with Crippen molar-refractivity contribution in [2.24, 2.45) is 0 Å². The molecule has 1 amide bonds. The number of anilines is 1. The maximum absolute atomic E-state index is 13.4. The van der Waals surface area contributed by atoms with Gasteiger partial charge in [-0.1, -0.05) is 24.3 Å². The van der Waals surface area contributed by atoms with Crippen molar-refractivity contribution >= 4 is 27.6 Å². The molecule has 0 aromatic heterocycles. The number of fused-ring (bicyclic) bond motifs is 1. The van der Waals surface area contributed by atoms with Gasteiger partial charge in [0.2, 0.25) is 15.9 Å². The van der Waals surface area contributed by atoms with E-state index in [0.717, 1.165) is 26.7 Å². The molecular weight excluding hydrogens is 404 g/mol. The fourth-order valence-electron chi connectivity index (χ4n) is 3.81. The number of benzene rings is 2. The lowest BCUT2D eigenvalue weighted by Crippen LogP contribution is -2.36. The number of aryl methyl sites for hydroxylation is 1. The van der Waals surface area contributed by atoms with E-state index < -0.39 is 16.0 Å². The molecule has 1 aliphatic rings. The Morgan fingerprint density at radius 3 is 2.53 bits per heavy atom. The summed E-state index contributed by atoms with van der Waals surface area (Å²) in [7, 11) is -2.74. The average Bonchev–Trinajstić information content (AvgIpc) is 3.03. The van der Waals surface area contributed by atoms with Gasteiger partial charge in [0, 0.05) is 25.2 Å². The van der Waals surface area contributed by atoms with Crippen molar-refractivity contribution in [3.8, 4) is 0 Å². The maximum Gasteiger partial charge on any atom is 0.321 e. The molecule has 1 aliphatic heterocycles. The zero-order chi connectivity index (χ0) is 22.1. The van der Waals surface area contributed by atoms with Gasteiger partial charge in [0.25, 0.3) is 0 Å². The largest absolute Gasteiger partial charge is 0.468 e. The Morgan fingerprint density at radius 2 is 1.90 bits per heavy atom. The van der Waals surface area contributed by atoms with Crippen LogP contribution in [-0.2, 0) is 37.3 Å². The van der Waals surface area contributed by atoms with Crippen molar-refractivity contribution in [3.05, 3.63) is 59.2 Å². The summed E-state index contributed by atoms with van der Waals surface area (Å²) < 4.78 is 32.7. The van der Waals surface area contributed by atoms with Crippen molar-refractivity contribution in [1.82, 2.24) is 4.31 Å². The number of carbonyl (C=O) groups excluding carboxylic acids is 2. The molecule has 0 N–H and O–H groups in total. The molecule has 0 aliphatic carbocycles. The molecule has 2 aromatic rings. The zero-order valence-corrected chi connectivity index (χ0v) is 18.4. The molecule has 7 nitrogen and oxygen atoms in total. The predicted molar refractivity (Wildman–Crippen MR) is 114 cm³/mol. The molecule has 160 valence electrons. The Hall–Kier alpha value is -2.71. The number of carbonyl (C=O) groups is 2. The number of esters is 1. The third kappa shape index (κ3) is 4.24. The molecule has 2 aromatic carbocycles. The molecule has 0 bridgehead atoms. The van der Waals surface area contributed by atoms with Gasteiger partial charge in [-0.2, -0.15) is 4.31 Å². The van der Waals surface area contributed by atoms with Crippen molar-refractivity contribution in [3.63, 3.8) is 0 Å². The molecule has 0 spiro atoms. The summed E-state index contributed by atoms with van der Waals surface area (Å²) in [5, 5.41) is 0. The monoisotopic (exact) mass is 430 g/mol. The highest BCUT2D eigenvalue weighted by molar-refractivity contribution is 7.89. The first-order valence-electron chi connectivity index (χ1n) is 9.69. The van der Waals surface area contributed by atoms with Gasteiger partial charge in [0.15, 0.2) is 0 Å². The number of ether oxygens (including phenoxy) is 1. The maximum atomic E-state index is 13.4. The number of methoxy groups -OCH3 is 1. The second-order valence-electron chi connectivity index (χ2n) is 7.51. The summed E-state index contributed by atoms with van der Waals surface area (Å²) in [4.78, 5) is 25.7. The van der Waals surface area contributed by atoms with Gasteiger partial charge in [-0.25, -0.2) is 8.42 Å². The van der Waals surface area contributed by atoms with E-state index in [0.29, 0.717) is 6.42 Å². The minimum Gasteiger partial charge on any atom is -0.468 e. The molecule has 1 heterocycles. The summed E-state index contributed by atoms with van der Waals surface area (Å²) in [6.07, 6.45) is 0.576. The van der Waals surface area contributed by atoms with Gasteiger partial charge in [-0.15, -0.1) is 0 Å². The first-order valence-corrected chi connectivity index (χ1v) is 11.1. The van der Waals surface area contributed by atoms with Gasteiger partial charge in [0.1, 0.15) is 6.54 Å². The van der Waals surface area contributed by atoms with Crippen LogP contribution in [0, 0.1) is 6.92 Å². The molecule has 8 heteroatoms. The first-order chi connectivity index (χ1) is 14.1. The van der Waals surface area contributed by atoms with Crippen LogP contribution in [0.2, 0.25) is 0 Å². The third-order valence-corrected chi connectivity index (χ3v) is 7.17. The Kier molecular flexibility index (Phi) is 6.28. The van der Waals surface area contributed by atoms with Crippen LogP contribution in [0.15, 0.2) is 47.4 Å².